The Morgan fingerprint density at radius 1 is 0.933 bits per heavy atom. The number of rotatable bonds is 4. The van der Waals surface area contributed by atoms with Crippen molar-refractivity contribution in [2.45, 2.75) is 13.0 Å². The van der Waals surface area contributed by atoms with Gasteiger partial charge in [0, 0.05) is 56.3 Å². The highest BCUT2D eigenvalue weighted by Gasteiger charge is 2.37. The third-order valence-corrected chi connectivity index (χ3v) is 5.97. The number of benzene rings is 2. The van der Waals surface area contributed by atoms with Gasteiger partial charge in [0.2, 0.25) is 11.8 Å². The Morgan fingerprint density at radius 2 is 1.63 bits per heavy atom. The minimum atomic E-state index is -0.309. The lowest BCUT2D eigenvalue weighted by Crippen LogP contribution is -2.52. The van der Waals surface area contributed by atoms with E-state index in [9.17, 15) is 14.4 Å². The molecule has 2 saturated heterocycles. The van der Waals surface area contributed by atoms with E-state index in [2.05, 4.69) is 0 Å². The van der Waals surface area contributed by atoms with Crippen LogP contribution in [0.15, 0.2) is 54.6 Å². The van der Waals surface area contributed by atoms with Crippen LogP contribution in [0.3, 0.4) is 0 Å². The highest BCUT2D eigenvalue weighted by atomic mass is 35.5. The van der Waals surface area contributed by atoms with Crippen molar-refractivity contribution in [2.75, 3.05) is 32.7 Å². The molecule has 3 amide bonds. The molecular weight excluding hydrogens is 402 g/mol. The first kappa shape index (κ1) is 20.4. The summed E-state index contributed by atoms with van der Waals surface area (Å²) in [4.78, 5) is 43.3. The second-order valence-corrected chi connectivity index (χ2v) is 8.23. The molecule has 1 atom stereocenters. The molecule has 2 aromatic carbocycles. The summed E-state index contributed by atoms with van der Waals surface area (Å²) in [6, 6.07) is 16.7. The van der Waals surface area contributed by atoms with Crippen LogP contribution in [-0.4, -0.2) is 65.1 Å². The number of carbonyl (C=O) groups is 3. The van der Waals surface area contributed by atoms with E-state index in [-0.39, 0.29) is 30.1 Å². The molecule has 6 nitrogen and oxygen atoms in total. The van der Waals surface area contributed by atoms with E-state index < -0.39 is 0 Å². The van der Waals surface area contributed by atoms with Gasteiger partial charge in [-0.25, -0.2) is 0 Å². The highest BCUT2D eigenvalue weighted by Crippen LogP contribution is 2.23. The maximum atomic E-state index is 13.0. The minimum absolute atomic E-state index is 0.00812. The first-order valence-corrected chi connectivity index (χ1v) is 10.5. The summed E-state index contributed by atoms with van der Waals surface area (Å²) in [6.45, 7) is 2.90. The monoisotopic (exact) mass is 425 g/mol. The first-order valence-electron chi connectivity index (χ1n) is 10.2. The maximum absolute atomic E-state index is 13.0. The normalized spacial score (nSPS) is 19.3. The predicted octanol–water partition coefficient (Wildman–Crippen LogP) is 2.67. The third-order valence-electron chi connectivity index (χ3n) is 5.73. The average molecular weight is 426 g/mol. The third kappa shape index (κ3) is 4.49. The van der Waals surface area contributed by atoms with Gasteiger partial charge < -0.3 is 14.7 Å². The average Bonchev–Trinajstić information content (AvgIpc) is 3.13. The van der Waals surface area contributed by atoms with Crippen LogP contribution in [-0.2, 0) is 16.1 Å². The Hall–Kier alpha value is -2.86. The molecule has 0 aliphatic carbocycles. The molecule has 2 aliphatic heterocycles. The molecular formula is C23H24ClN3O3. The SMILES string of the molecule is O=C1CC(C(=O)N2CCN(C(=O)c3cccc(Cl)c3)CC2)CN1Cc1ccccc1. The molecule has 2 heterocycles. The standard InChI is InChI=1S/C23H24ClN3O3/c24-20-8-4-7-18(13-20)22(29)25-9-11-26(12-10-25)23(30)19-14-21(28)27(16-19)15-17-5-2-1-3-6-17/h1-8,13,19H,9-12,14-16H2. The van der Waals surface area contributed by atoms with Gasteiger partial charge in [-0.3, -0.25) is 14.4 Å². The van der Waals surface area contributed by atoms with Crippen molar-refractivity contribution in [3.05, 3.63) is 70.7 Å². The number of hydrogen-bond acceptors (Lipinski definition) is 3. The molecule has 2 fully saturated rings. The van der Waals surface area contributed by atoms with Crippen molar-refractivity contribution in [2.24, 2.45) is 5.92 Å². The summed E-state index contributed by atoms with van der Waals surface area (Å²) in [5, 5.41) is 0.528. The van der Waals surface area contributed by atoms with Crippen molar-refractivity contribution in [3.63, 3.8) is 0 Å². The van der Waals surface area contributed by atoms with Crippen LogP contribution in [0.1, 0.15) is 22.3 Å². The second-order valence-electron chi connectivity index (χ2n) is 7.79. The number of amides is 3. The summed E-state index contributed by atoms with van der Waals surface area (Å²) in [5.74, 6) is -0.355. The summed E-state index contributed by atoms with van der Waals surface area (Å²) in [6.07, 6.45) is 0.257. The summed E-state index contributed by atoms with van der Waals surface area (Å²) >= 11 is 5.98. The summed E-state index contributed by atoms with van der Waals surface area (Å²) in [5.41, 5.74) is 1.62. The van der Waals surface area contributed by atoms with Crippen LogP contribution in [0.4, 0.5) is 0 Å². The van der Waals surface area contributed by atoms with Crippen LogP contribution in [0.2, 0.25) is 5.02 Å². The Balaban J connectivity index is 1.31. The van der Waals surface area contributed by atoms with E-state index >= 15 is 0 Å². The molecule has 7 heteroatoms. The van der Waals surface area contributed by atoms with Gasteiger partial charge >= 0.3 is 0 Å². The molecule has 0 bridgehead atoms. The van der Waals surface area contributed by atoms with Crippen molar-refractivity contribution in [3.8, 4) is 0 Å². The number of nitrogens with zero attached hydrogens (tertiary/aromatic N) is 3. The smallest absolute Gasteiger partial charge is 0.254 e. The van der Waals surface area contributed by atoms with Crippen molar-refractivity contribution >= 4 is 29.3 Å². The molecule has 4 rings (SSSR count). The topological polar surface area (TPSA) is 60.9 Å². The quantitative estimate of drug-likeness (QED) is 0.756. The zero-order valence-electron chi connectivity index (χ0n) is 16.7. The molecule has 2 aromatic rings. The Morgan fingerprint density at radius 3 is 2.33 bits per heavy atom. The van der Waals surface area contributed by atoms with Crippen LogP contribution in [0, 0.1) is 5.92 Å². The summed E-state index contributed by atoms with van der Waals surface area (Å²) in [7, 11) is 0. The molecule has 0 N–H and O–H groups in total. The Bertz CT molecular complexity index is 942. The van der Waals surface area contributed by atoms with Gasteiger partial charge in [0.1, 0.15) is 0 Å². The van der Waals surface area contributed by atoms with E-state index in [1.165, 1.54) is 0 Å². The molecule has 1 unspecified atom stereocenters. The van der Waals surface area contributed by atoms with Crippen molar-refractivity contribution < 1.29 is 14.4 Å². The van der Waals surface area contributed by atoms with Gasteiger partial charge in [-0.15, -0.1) is 0 Å². The van der Waals surface area contributed by atoms with Gasteiger partial charge in [0.15, 0.2) is 0 Å². The lowest BCUT2D eigenvalue weighted by Gasteiger charge is -2.36. The zero-order valence-corrected chi connectivity index (χ0v) is 17.4. The van der Waals surface area contributed by atoms with Crippen molar-refractivity contribution in [1.82, 2.24) is 14.7 Å². The summed E-state index contributed by atoms with van der Waals surface area (Å²) < 4.78 is 0. The van der Waals surface area contributed by atoms with E-state index in [0.717, 1.165) is 5.56 Å². The molecule has 0 aromatic heterocycles. The predicted molar refractivity (Wildman–Crippen MR) is 114 cm³/mol. The van der Waals surface area contributed by atoms with Crippen LogP contribution >= 0.6 is 11.6 Å². The lowest BCUT2D eigenvalue weighted by atomic mass is 10.1. The molecule has 30 heavy (non-hydrogen) atoms. The van der Waals surface area contributed by atoms with Crippen molar-refractivity contribution in [1.29, 1.82) is 0 Å². The Labute approximate surface area is 181 Å². The number of carbonyl (C=O) groups excluding carboxylic acids is 3. The maximum Gasteiger partial charge on any atom is 0.254 e. The molecule has 2 aliphatic rings. The fourth-order valence-corrected chi connectivity index (χ4v) is 4.28. The van der Waals surface area contributed by atoms with E-state index in [1.54, 1.807) is 39.0 Å². The zero-order chi connectivity index (χ0) is 21.1. The number of halogens is 1. The van der Waals surface area contributed by atoms with E-state index in [1.807, 2.05) is 30.3 Å². The minimum Gasteiger partial charge on any atom is -0.339 e. The van der Waals surface area contributed by atoms with Crippen LogP contribution in [0.5, 0.6) is 0 Å². The second kappa shape index (κ2) is 8.88. The van der Waals surface area contributed by atoms with E-state index in [4.69, 9.17) is 11.6 Å². The van der Waals surface area contributed by atoms with Crippen LogP contribution in [0.25, 0.3) is 0 Å². The van der Waals surface area contributed by atoms with E-state index in [0.29, 0.717) is 49.9 Å². The van der Waals surface area contributed by atoms with Gasteiger partial charge in [-0.2, -0.15) is 0 Å². The first-order chi connectivity index (χ1) is 14.5. The van der Waals surface area contributed by atoms with Crippen LogP contribution < -0.4 is 0 Å². The van der Waals surface area contributed by atoms with Gasteiger partial charge in [0.25, 0.3) is 5.91 Å². The fourth-order valence-electron chi connectivity index (χ4n) is 4.09. The molecule has 156 valence electrons. The van der Waals surface area contributed by atoms with Gasteiger partial charge in [-0.1, -0.05) is 48.0 Å². The van der Waals surface area contributed by atoms with Gasteiger partial charge in [0.05, 0.1) is 5.92 Å². The Kier molecular flexibility index (Phi) is 6.04. The van der Waals surface area contributed by atoms with Gasteiger partial charge in [-0.05, 0) is 23.8 Å². The fraction of sp³-hybridized carbons (Fsp3) is 0.348. The number of hydrogen-bond donors (Lipinski definition) is 0. The molecule has 0 radical (unpaired) electrons. The molecule has 0 saturated carbocycles. The highest BCUT2D eigenvalue weighted by molar-refractivity contribution is 6.30. The lowest BCUT2D eigenvalue weighted by molar-refractivity contribution is -0.137. The number of piperazine rings is 1. The number of likely N-dealkylation sites (tertiary alicyclic amines) is 1. The largest absolute Gasteiger partial charge is 0.339 e. The molecule has 0 spiro atoms.